The van der Waals surface area contributed by atoms with Gasteiger partial charge in [0.15, 0.2) is 0 Å². The normalized spacial score (nSPS) is 27.4. The zero-order valence-electron chi connectivity index (χ0n) is 15.7. The fourth-order valence-electron chi connectivity index (χ4n) is 3.11. The van der Waals surface area contributed by atoms with E-state index < -0.39 is 0 Å². The maximum Gasteiger partial charge on any atom is 0.494 e. The molecule has 2 saturated heterocycles. The number of ether oxygens (including phenoxy) is 2. The second-order valence-electron chi connectivity index (χ2n) is 8.51. The van der Waals surface area contributed by atoms with Gasteiger partial charge in [-0.3, -0.25) is 0 Å². The van der Waals surface area contributed by atoms with Gasteiger partial charge in [-0.2, -0.15) is 0 Å². The summed E-state index contributed by atoms with van der Waals surface area (Å²) >= 11 is 0. The first-order chi connectivity index (χ1) is 11.1. The van der Waals surface area contributed by atoms with E-state index in [1.165, 1.54) is 0 Å². The topological polar surface area (TPSA) is 36.9 Å². The van der Waals surface area contributed by atoms with Crippen LogP contribution in [-0.4, -0.2) is 36.6 Å². The highest BCUT2D eigenvalue weighted by atomic mass is 16.7. The molecular formula is C19H29BO4. The Morgan fingerprint density at radius 1 is 1.08 bits per heavy atom. The van der Waals surface area contributed by atoms with Crippen molar-refractivity contribution in [1.29, 1.82) is 0 Å². The maximum absolute atomic E-state index is 6.11. The van der Waals surface area contributed by atoms with E-state index in [0.29, 0.717) is 6.61 Å². The lowest BCUT2D eigenvalue weighted by molar-refractivity contribution is -0.0326. The molecule has 2 fully saturated rings. The van der Waals surface area contributed by atoms with E-state index in [1.807, 2.05) is 24.3 Å². The Hall–Kier alpha value is -1.04. The first-order valence-electron chi connectivity index (χ1n) is 8.84. The van der Waals surface area contributed by atoms with Crippen molar-refractivity contribution < 1.29 is 18.8 Å². The molecular weight excluding hydrogens is 303 g/mol. The quantitative estimate of drug-likeness (QED) is 0.793. The molecule has 2 heterocycles. The molecule has 2 aliphatic rings. The summed E-state index contributed by atoms with van der Waals surface area (Å²) in [6.07, 6.45) is 2.29. The average molecular weight is 332 g/mol. The van der Waals surface area contributed by atoms with Crippen LogP contribution in [0.3, 0.4) is 0 Å². The van der Waals surface area contributed by atoms with E-state index in [1.54, 1.807) is 0 Å². The Labute approximate surface area is 146 Å². The zero-order chi connectivity index (χ0) is 17.6. The average Bonchev–Trinajstić information content (AvgIpc) is 2.93. The molecule has 0 aromatic heterocycles. The van der Waals surface area contributed by atoms with Gasteiger partial charge in [0.05, 0.1) is 22.9 Å². The summed E-state index contributed by atoms with van der Waals surface area (Å²) in [5.41, 5.74) is 0.285. The second-order valence-corrected chi connectivity index (χ2v) is 8.51. The highest BCUT2D eigenvalue weighted by molar-refractivity contribution is 6.62. The minimum Gasteiger partial charge on any atom is -0.491 e. The first-order valence-corrected chi connectivity index (χ1v) is 8.84. The molecule has 2 aliphatic heterocycles. The Morgan fingerprint density at radius 2 is 1.75 bits per heavy atom. The third kappa shape index (κ3) is 3.63. The predicted molar refractivity (Wildman–Crippen MR) is 95.8 cm³/mol. The van der Waals surface area contributed by atoms with Gasteiger partial charge in [-0.25, -0.2) is 0 Å². The predicted octanol–water partition coefficient (Wildman–Crippen LogP) is 3.32. The number of benzene rings is 1. The Kier molecular flexibility index (Phi) is 4.48. The molecule has 132 valence electrons. The van der Waals surface area contributed by atoms with Crippen LogP contribution in [0.1, 0.15) is 54.4 Å². The lowest BCUT2D eigenvalue weighted by atomic mass is 9.79. The van der Waals surface area contributed by atoms with Gasteiger partial charge in [0.2, 0.25) is 0 Å². The second kappa shape index (κ2) is 6.04. The Balaban J connectivity index is 1.63. The summed E-state index contributed by atoms with van der Waals surface area (Å²) in [4.78, 5) is 0. The first kappa shape index (κ1) is 17.8. The van der Waals surface area contributed by atoms with Gasteiger partial charge in [-0.1, -0.05) is 12.1 Å². The molecule has 1 unspecified atom stereocenters. The lowest BCUT2D eigenvalue weighted by Crippen LogP contribution is -2.41. The van der Waals surface area contributed by atoms with Crippen molar-refractivity contribution in [2.75, 3.05) is 6.61 Å². The molecule has 4 nitrogen and oxygen atoms in total. The molecule has 3 rings (SSSR count). The summed E-state index contributed by atoms with van der Waals surface area (Å²) in [5, 5.41) is 0. The van der Waals surface area contributed by atoms with Crippen molar-refractivity contribution in [3.63, 3.8) is 0 Å². The molecule has 5 heteroatoms. The smallest absolute Gasteiger partial charge is 0.491 e. The van der Waals surface area contributed by atoms with E-state index in [9.17, 15) is 0 Å². The van der Waals surface area contributed by atoms with Gasteiger partial charge in [0, 0.05) is 0 Å². The van der Waals surface area contributed by atoms with Gasteiger partial charge in [-0.05, 0) is 72.0 Å². The van der Waals surface area contributed by atoms with Gasteiger partial charge in [-0.15, -0.1) is 0 Å². The lowest BCUT2D eigenvalue weighted by Gasteiger charge is -2.32. The van der Waals surface area contributed by atoms with Gasteiger partial charge in [0.25, 0.3) is 0 Å². The highest BCUT2D eigenvalue weighted by Crippen LogP contribution is 2.36. The van der Waals surface area contributed by atoms with Crippen molar-refractivity contribution in [1.82, 2.24) is 0 Å². The van der Waals surface area contributed by atoms with Crippen LogP contribution < -0.4 is 10.2 Å². The fraction of sp³-hybridized carbons (Fsp3) is 0.684. The van der Waals surface area contributed by atoms with Gasteiger partial charge >= 0.3 is 7.12 Å². The number of rotatable bonds is 4. The van der Waals surface area contributed by atoms with Crippen LogP contribution in [0.5, 0.6) is 5.75 Å². The largest absolute Gasteiger partial charge is 0.494 e. The van der Waals surface area contributed by atoms with Crippen LogP contribution in [0.25, 0.3) is 0 Å². The fourth-order valence-corrected chi connectivity index (χ4v) is 3.11. The summed E-state index contributed by atoms with van der Waals surface area (Å²) < 4.78 is 24.1. The summed E-state index contributed by atoms with van der Waals surface area (Å²) in [5.74, 6) is 0.829. The van der Waals surface area contributed by atoms with Gasteiger partial charge < -0.3 is 18.8 Å². The van der Waals surface area contributed by atoms with E-state index in [4.69, 9.17) is 18.8 Å². The monoisotopic (exact) mass is 332 g/mol. The summed E-state index contributed by atoms with van der Waals surface area (Å²) in [6.45, 7) is 13.1. The minimum atomic E-state index is -0.361. The van der Waals surface area contributed by atoms with Gasteiger partial charge in [0.1, 0.15) is 12.4 Å². The van der Waals surface area contributed by atoms with Crippen molar-refractivity contribution in [2.45, 2.75) is 77.3 Å². The highest BCUT2D eigenvalue weighted by Gasteiger charge is 2.51. The van der Waals surface area contributed by atoms with Crippen LogP contribution in [0.2, 0.25) is 0 Å². The molecule has 24 heavy (non-hydrogen) atoms. The van der Waals surface area contributed by atoms with E-state index in [0.717, 1.165) is 24.1 Å². The van der Waals surface area contributed by atoms with E-state index in [2.05, 4.69) is 41.5 Å². The van der Waals surface area contributed by atoms with Crippen LogP contribution >= 0.6 is 0 Å². The van der Waals surface area contributed by atoms with Crippen molar-refractivity contribution in [2.24, 2.45) is 0 Å². The standard InChI is InChI=1S/C19H29BO4/c1-17(2)11-10-16(22-17)13-21-15-9-7-8-14(12-15)20-23-18(3,4)19(5,6)24-20/h7-9,12,16H,10-11,13H2,1-6H3. The number of hydrogen-bond acceptors (Lipinski definition) is 4. The molecule has 0 bridgehead atoms. The molecule has 0 amide bonds. The minimum absolute atomic E-state index is 0.0292. The van der Waals surface area contributed by atoms with Crippen molar-refractivity contribution in [3.8, 4) is 5.75 Å². The third-order valence-electron chi connectivity index (χ3n) is 5.37. The van der Waals surface area contributed by atoms with Crippen LogP contribution in [0, 0.1) is 0 Å². The third-order valence-corrected chi connectivity index (χ3v) is 5.37. The molecule has 1 aromatic rings. The Bertz CT molecular complexity index is 581. The van der Waals surface area contributed by atoms with Crippen LogP contribution in [0.4, 0.5) is 0 Å². The summed E-state index contributed by atoms with van der Waals surface area (Å²) in [7, 11) is -0.361. The summed E-state index contributed by atoms with van der Waals surface area (Å²) in [6, 6.07) is 7.97. The molecule has 0 saturated carbocycles. The Morgan fingerprint density at radius 3 is 2.33 bits per heavy atom. The van der Waals surface area contributed by atoms with Crippen molar-refractivity contribution in [3.05, 3.63) is 24.3 Å². The SMILES string of the molecule is CC1(C)CCC(COc2cccc(B3OC(C)(C)C(C)(C)O3)c2)O1. The van der Waals surface area contributed by atoms with Crippen LogP contribution in [-0.2, 0) is 14.0 Å². The maximum atomic E-state index is 6.11. The molecule has 0 spiro atoms. The molecule has 0 radical (unpaired) electrons. The number of hydrogen-bond donors (Lipinski definition) is 0. The van der Waals surface area contributed by atoms with Crippen molar-refractivity contribution >= 4 is 12.6 Å². The molecule has 1 aromatic carbocycles. The molecule has 0 aliphatic carbocycles. The molecule has 0 N–H and O–H groups in total. The molecule has 1 atom stereocenters. The van der Waals surface area contributed by atoms with E-state index in [-0.39, 0.29) is 30.0 Å². The zero-order valence-corrected chi connectivity index (χ0v) is 15.7. The van der Waals surface area contributed by atoms with E-state index >= 15 is 0 Å². The van der Waals surface area contributed by atoms with Crippen LogP contribution in [0.15, 0.2) is 24.3 Å².